The zero-order valence-corrected chi connectivity index (χ0v) is 14.5. The van der Waals surface area contributed by atoms with Crippen LogP contribution in [0, 0.1) is 13.8 Å². The lowest BCUT2D eigenvalue weighted by Gasteiger charge is -2.11. The molecule has 0 unspecified atom stereocenters. The third-order valence-electron chi connectivity index (χ3n) is 3.08. The van der Waals surface area contributed by atoms with E-state index in [2.05, 4.69) is 9.71 Å². The fourth-order valence-electron chi connectivity index (χ4n) is 1.97. The lowest BCUT2D eigenvalue weighted by molar-refractivity contribution is 0.392. The van der Waals surface area contributed by atoms with Gasteiger partial charge in [-0.2, -0.15) is 0 Å². The van der Waals surface area contributed by atoms with E-state index in [0.29, 0.717) is 5.75 Å². The van der Waals surface area contributed by atoms with Crippen molar-refractivity contribution in [2.45, 2.75) is 25.3 Å². The van der Waals surface area contributed by atoms with Gasteiger partial charge in [0.05, 0.1) is 24.9 Å². The second-order valence-corrected chi connectivity index (χ2v) is 7.61. The molecule has 8 heteroatoms. The predicted octanol–water partition coefficient (Wildman–Crippen LogP) is 2.26. The maximum absolute atomic E-state index is 12.5. The summed E-state index contributed by atoms with van der Waals surface area (Å²) in [6, 6.07) is 4.65. The topological polar surface area (TPSA) is 77.5 Å². The van der Waals surface area contributed by atoms with Gasteiger partial charge in [0.2, 0.25) is 10.0 Å². The minimum Gasteiger partial charge on any atom is -0.497 e. The van der Waals surface area contributed by atoms with Gasteiger partial charge in [-0.3, -0.25) is 0 Å². The molecule has 1 heterocycles. The van der Waals surface area contributed by atoms with Gasteiger partial charge in [-0.05, 0) is 26.0 Å². The summed E-state index contributed by atoms with van der Waals surface area (Å²) in [6.45, 7) is 3.94. The van der Waals surface area contributed by atoms with Crippen molar-refractivity contribution in [3.05, 3.63) is 33.8 Å². The van der Waals surface area contributed by atoms with Crippen molar-refractivity contribution in [3.63, 3.8) is 0 Å². The van der Waals surface area contributed by atoms with Gasteiger partial charge in [-0.1, -0.05) is 0 Å². The van der Waals surface area contributed by atoms with Gasteiger partial charge in [0.25, 0.3) is 0 Å². The minimum atomic E-state index is -3.72. The van der Waals surface area contributed by atoms with E-state index in [1.54, 1.807) is 12.1 Å². The Labute approximate surface area is 134 Å². The summed E-state index contributed by atoms with van der Waals surface area (Å²) in [7, 11) is -0.808. The molecule has 0 aliphatic carbocycles. The number of aromatic nitrogens is 1. The average molecular weight is 342 g/mol. The molecular formula is C14H18N2O4S2. The van der Waals surface area contributed by atoms with Gasteiger partial charge in [0.1, 0.15) is 16.4 Å². The number of nitrogens with zero attached hydrogens (tertiary/aromatic N) is 1. The molecule has 0 spiro atoms. The van der Waals surface area contributed by atoms with Crippen LogP contribution in [0.2, 0.25) is 0 Å². The number of methoxy groups -OCH3 is 2. The lowest BCUT2D eigenvalue weighted by Crippen LogP contribution is -2.23. The second kappa shape index (κ2) is 6.64. The first kappa shape index (κ1) is 16.7. The van der Waals surface area contributed by atoms with Crippen LogP contribution < -0.4 is 14.2 Å². The van der Waals surface area contributed by atoms with Crippen molar-refractivity contribution in [2.24, 2.45) is 0 Å². The monoisotopic (exact) mass is 342 g/mol. The third-order valence-corrected chi connectivity index (χ3v) is 5.58. The van der Waals surface area contributed by atoms with Crippen molar-refractivity contribution in [3.8, 4) is 11.5 Å². The molecule has 1 N–H and O–H groups in total. The van der Waals surface area contributed by atoms with Gasteiger partial charge in [-0.25, -0.2) is 18.1 Å². The minimum absolute atomic E-state index is 0.0493. The summed E-state index contributed by atoms with van der Waals surface area (Å²) in [4.78, 5) is 5.23. The Kier molecular flexibility index (Phi) is 5.05. The molecule has 0 atom stereocenters. The molecule has 0 bridgehead atoms. The molecule has 0 radical (unpaired) electrons. The molecule has 120 valence electrons. The van der Waals surface area contributed by atoms with Crippen LogP contribution in [0.4, 0.5) is 0 Å². The normalized spacial score (nSPS) is 11.5. The summed E-state index contributed by atoms with van der Waals surface area (Å²) in [5, 5.41) is 0.908. The quantitative estimate of drug-likeness (QED) is 0.871. The predicted molar refractivity (Wildman–Crippen MR) is 85.2 cm³/mol. The Morgan fingerprint density at radius 1 is 1.23 bits per heavy atom. The maximum atomic E-state index is 12.5. The SMILES string of the molecule is COc1ccc(OC)c(S(=O)(=O)NCc2sc(C)nc2C)c1. The van der Waals surface area contributed by atoms with Crippen LogP contribution in [0.5, 0.6) is 11.5 Å². The number of thiazole rings is 1. The average Bonchev–Trinajstić information content (AvgIpc) is 2.82. The molecule has 2 rings (SSSR count). The molecule has 0 saturated carbocycles. The third kappa shape index (κ3) is 3.57. The Morgan fingerprint density at radius 2 is 1.95 bits per heavy atom. The fraction of sp³-hybridized carbons (Fsp3) is 0.357. The van der Waals surface area contributed by atoms with Gasteiger partial charge in [0, 0.05) is 17.5 Å². The van der Waals surface area contributed by atoms with Crippen LogP contribution in [-0.2, 0) is 16.6 Å². The van der Waals surface area contributed by atoms with E-state index < -0.39 is 10.0 Å². The molecule has 22 heavy (non-hydrogen) atoms. The molecule has 1 aromatic heterocycles. The highest BCUT2D eigenvalue weighted by Gasteiger charge is 2.21. The molecule has 0 aliphatic rings. The number of rotatable bonds is 6. The number of nitrogens with one attached hydrogen (secondary N) is 1. The Morgan fingerprint density at radius 3 is 2.50 bits per heavy atom. The summed E-state index contributed by atoms with van der Waals surface area (Å²) in [6.07, 6.45) is 0. The van der Waals surface area contributed by atoms with Crippen molar-refractivity contribution in [1.82, 2.24) is 9.71 Å². The van der Waals surface area contributed by atoms with E-state index in [-0.39, 0.29) is 17.2 Å². The Bertz CT molecular complexity index is 769. The largest absolute Gasteiger partial charge is 0.497 e. The van der Waals surface area contributed by atoms with Crippen molar-refractivity contribution in [2.75, 3.05) is 14.2 Å². The van der Waals surface area contributed by atoms with Crippen LogP contribution in [0.1, 0.15) is 15.6 Å². The summed E-state index contributed by atoms with van der Waals surface area (Å²) < 4.78 is 37.8. The van der Waals surface area contributed by atoms with Crippen LogP contribution >= 0.6 is 11.3 Å². The second-order valence-electron chi connectivity index (χ2n) is 4.58. The fourth-order valence-corrected chi connectivity index (χ4v) is 4.12. The Hall–Kier alpha value is -1.64. The molecule has 0 amide bonds. The Balaban J connectivity index is 2.28. The molecule has 0 aliphatic heterocycles. The maximum Gasteiger partial charge on any atom is 0.244 e. The first-order valence-electron chi connectivity index (χ1n) is 6.52. The van der Waals surface area contributed by atoms with Gasteiger partial charge < -0.3 is 9.47 Å². The van der Waals surface area contributed by atoms with Gasteiger partial charge in [0.15, 0.2) is 0 Å². The van der Waals surface area contributed by atoms with Crippen molar-refractivity contribution < 1.29 is 17.9 Å². The van der Waals surface area contributed by atoms with Crippen molar-refractivity contribution >= 4 is 21.4 Å². The molecular weight excluding hydrogens is 324 g/mol. The van der Waals surface area contributed by atoms with E-state index in [4.69, 9.17) is 9.47 Å². The number of benzene rings is 1. The van der Waals surface area contributed by atoms with E-state index in [1.165, 1.54) is 31.6 Å². The van der Waals surface area contributed by atoms with Crippen LogP contribution in [0.25, 0.3) is 0 Å². The van der Waals surface area contributed by atoms with Crippen LogP contribution in [0.15, 0.2) is 23.1 Å². The zero-order chi connectivity index (χ0) is 16.3. The number of hydrogen-bond acceptors (Lipinski definition) is 6. The summed E-state index contributed by atoms with van der Waals surface area (Å²) >= 11 is 1.47. The molecule has 1 aromatic carbocycles. The highest BCUT2D eigenvalue weighted by molar-refractivity contribution is 7.89. The standard InChI is InChI=1S/C14H18N2O4S2/c1-9-13(21-10(2)16-9)8-15-22(17,18)14-7-11(19-3)5-6-12(14)20-4/h5-7,15H,8H2,1-4H3. The van der Waals surface area contributed by atoms with Gasteiger partial charge >= 0.3 is 0 Å². The highest BCUT2D eigenvalue weighted by atomic mass is 32.2. The van der Waals surface area contributed by atoms with Gasteiger partial charge in [-0.15, -0.1) is 11.3 Å². The molecule has 2 aromatic rings. The summed E-state index contributed by atoms with van der Waals surface area (Å²) in [5.74, 6) is 0.719. The first-order chi connectivity index (χ1) is 10.4. The first-order valence-corrected chi connectivity index (χ1v) is 8.82. The summed E-state index contributed by atoms with van der Waals surface area (Å²) in [5.41, 5.74) is 0.836. The molecule has 0 fully saturated rings. The number of ether oxygens (including phenoxy) is 2. The van der Waals surface area contributed by atoms with Crippen LogP contribution in [-0.4, -0.2) is 27.6 Å². The van der Waals surface area contributed by atoms with Crippen LogP contribution in [0.3, 0.4) is 0 Å². The van der Waals surface area contributed by atoms with E-state index in [9.17, 15) is 8.42 Å². The van der Waals surface area contributed by atoms with Crippen molar-refractivity contribution in [1.29, 1.82) is 0 Å². The molecule has 0 saturated heterocycles. The van der Waals surface area contributed by atoms with E-state index in [0.717, 1.165) is 15.6 Å². The zero-order valence-electron chi connectivity index (χ0n) is 12.8. The lowest BCUT2D eigenvalue weighted by atomic mass is 10.3. The van der Waals surface area contributed by atoms with E-state index in [1.807, 2.05) is 13.8 Å². The van der Waals surface area contributed by atoms with E-state index >= 15 is 0 Å². The number of sulfonamides is 1. The number of hydrogen-bond donors (Lipinski definition) is 1. The molecule has 6 nitrogen and oxygen atoms in total. The number of aryl methyl sites for hydroxylation is 2. The smallest absolute Gasteiger partial charge is 0.244 e. The highest BCUT2D eigenvalue weighted by Crippen LogP contribution is 2.28.